The molecule has 0 aliphatic heterocycles. The van der Waals surface area contributed by atoms with E-state index in [-0.39, 0.29) is 5.92 Å². The van der Waals surface area contributed by atoms with Crippen molar-refractivity contribution in [2.45, 2.75) is 52.5 Å². The van der Waals surface area contributed by atoms with Gasteiger partial charge in [-0.25, -0.2) is 4.98 Å². The van der Waals surface area contributed by atoms with E-state index in [9.17, 15) is 4.79 Å². The molecule has 0 saturated heterocycles. The van der Waals surface area contributed by atoms with Gasteiger partial charge in [0, 0.05) is 11.4 Å². The fourth-order valence-corrected chi connectivity index (χ4v) is 2.58. The smallest absolute Gasteiger partial charge is 0.306 e. The predicted octanol–water partition coefficient (Wildman–Crippen LogP) is 3.40. The summed E-state index contributed by atoms with van der Waals surface area (Å²) in [5.41, 5.74) is 1.12. The van der Waals surface area contributed by atoms with Gasteiger partial charge in [-0.05, 0) is 26.2 Å². The van der Waals surface area contributed by atoms with E-state index < -0.39 is 5.97 Å². The van der Waals surface area contributed by atoms with Gasteiger partial charge in [-0.2, -0.15) is 0 Å². The number of aryl methyl sites for hydroxylation is 1. The normalized spacial score (nSPS) is 14.2. The molecule has 2 unspecified atom stereocenters. The number of thiazole rings is 1. The largest absolute Gasteiger partial charge is 0.481 e. The summed E-state index contributed by atoms with van der Waals surface area (Å²) in [6.07, 6.45) is 3.59. The van der Waals surface area contributed by atoms with Crippen LogP contribution in [0.2, 0.25) is 0 Å². The van der Waals surface area contributed by atoms with Crippen molar-refractivity contribution in [3.05, 3.63) is 11.1 Å². The van der Waals surface area contributed by atoms with Crippen LogP contribution >= 0.6 is 11.3 Å². The van der Waals surface area contributed by atoms with Crippen molar-refractivity contribution < 1.29 is 9.90 Å². The van der Waals surface area contributed by atoms with E-state index in [2.05, 4.69) is 29.5 Å². The quantitative estimate of drug-likeness (QED) is 0.760. The van der Waals surface area contributed by atoms with Gasteiger partial charge >= 0.3 is 5.97 Å². The zero-order valence-electron chi connectivity index (χ0n) is 11.3. The Kier molecular flexibility index (Phi) is 6.12. The van der Waals surface area contributed by atoms with Crippen molar-refractivity contribution in [3.8, 4) is 0 Å². The molecule has 2 atom stereocenters. The lowest BCUT2D eigenvalue weighted by Gasteiger charge is -2.13. The first-order valence-electron chi connectivity index (χ1n) is 6.46. The number of nitrogens with one attached hydrogen (secondary N) is 1. The van der Waals surface area contributed by atoms with Gasteiger partial charge in [0.15, 0.2) is 5.13 Å². The van der Waals surface area contributed by atoms with E-state index >= 15 is 0 Å². The Bertz CT molecular complexity index is 379. The maximum absolute atomic E-state index is 10.7. The molecule has 0 aliphatic rings. The van der Waals surface area contributed by atoms with E-state index in [1.54, 1.807) is 18.3 Å². The van der Waals surface area contributed by atoms with Crippen LogP contribution in [0.1, 0.15) is 45.7 Å². The van der Waals surface area contributed by atoms with Gasteiger partial charge in [0.25, 0.3) is 0 Å². The summed E-state index contributed by atoms with van der Waals surface area (Å²) in [5, 5.41) is 15.2. The van der Waals surface area contributed by atoms with Crippen molar-refractivity contribution in [1.29, 1.82) is 0 Å². The van der Waals surface area contributed by atoms with Crippen molar-refractivity contribution in [2.24, 2.45) is 5.92 Å². The second kappa shape index (κ2) is 7.36. The Morgan fingerprint density at radius 3 is 2.78 bits per heavy atom. The van der Waals surface area contributed by atoms with E-state index in [1.165, 1.54) is 0 Å². The number of aromatic nitrogens is 1. The summed E-state index contributed by atoms with van der Waals surface area (Å²) in [5.74, 6) is -0.952. The number of aliphatic carboxylic acids is 1. The topological polar surface area (TPSA) is 62.2 Å². The molecule has 0 fully saturated rings. The lowest BCUT2D eigenvalue weighted by atomic mass is 10.0. The highest BCUT2D eigenvalue weighted by molar-refractivity contribution is 7.13. The minimum absolute atomic E-state index is 0.247. The number of nitrogens with zero attached hydrogens (tertiary/aromatic N) is 1. The fourth-order valence-electron chi connectivity index (χ4n) is 1.67. The Balaban J connectivity index is 2.25. The molecule has 0 spiro atoms. The minimum Gasteiger partial charge on any atom is -0.481 e. The SMILES string of the molecule is CCc1csc(NC(C)CCCC(C)C(=O)O)n1. The summed E-state index contributed by atoms with van der Waals surface area (Å²) in [7, 11) is 0. The van der Waals surface area contributed by atoms with Crippen LogP contribution < -0.4 is 5.32 Å². The maximum Gasteiger partial charge on any atom is 0.306 e. The molecule has 2 N–H and O–H groups in total. The standard InChI is InChI=1S/C13H22N2O2S/c1-4-11-8-18-13(15-11)14-10(3)7-5-6-9(2)12(16)17/h8-10H,4-7H2,1-3H3,(H,14,15)(H,16,17). The molecule has 0 amide bonds. The number of carboxylic acids is 1. The average molecular weight is 270 g/mol. The van der Waals surface area contributed by atoms with Crippen molar-refractivity contribution >= 4 is 22.4 Å². The zero-order chi connectivity index (χ0) is 13.5. The van der Waals surface area contributed by atoms with Crippen LogP contribution in [0, 0.1) is 5.92 Å². The Morgan fingerprint density at radius 2 is 2.22 bits per heavy atom. The monoisotopic (exact) mass is 270 g/mol. The second-order valence-electron chi connectivity index (χ2n) is 4.71. The van der Waals surface area contributed by atoms with Gasteiger partial charge in [0.1, 0.15) is 0 Å². The molecule has 0 radical (unpaired) electrons. The molecule has 5 heteroatoms. The van der Waals surface area contributed by atoms with E-state index in [0.717, 1.165) is 36.5 Å². The Hall–Kier alpha value is -1.10. The minimum atomic E-state index is -0.705. The van der Waals surface area contributed by atoms with Crippen molar-refractivity contribution in [1.82, 2.24) is 4.98 Å². The third-order valence-corrected chi connectivity index (χ3v) is 3.80. The van der Waals surface area contributed by atoms with Crippen molar-refractivity contribution in [3.63, 3.8) is 0 Å². The summed E-state index contributed by atoms with van der Waals surface area (Å²) in [6, 6.07) is 0.335. The summed E-state index contributed by atoms with van der Waals surface area (Å²) < 4.78 is 0. The zero-order valence-corrected chi connectivity index (χ0v) is 12.1. The predicted molar refractivity (Wildman–Crippen MR) is 75.2 cm³/mol. The highest BCUT2D eigenvalue weighted by Gasteiger charge is 2.11. The molecule has 1 aromatic heterocycles. The van der Waals surface area contributed by atoms with Crippen LogP contribution in [-0.4, -0.2) is 22.1 Å². The van der Waals surface area contributed by atoms with Crippen molar-refractivity contribution in [2.75, 3.05) is 5.32 Å². The molecule has 0 bridgehead atoms. The fraction of sp³-hybridized carbons (Fsp3) is 0.692. The lowest BCUT2D eigenvalue weighted by Crippen LogP contribution is -2.16. The van der Waals surface area contributed by atoms with Gasteiger partial charge in [-0.1, -0.05) is 20.3 Å². The van der Waals surface area contributed by atoms with Gasteiger partial charge in [0.2, 0.25) is 0 Å². The third-order valence-electron chi connectivity index (χ3n) is 2.98. The summed E-state index contributed by atoms with van der Waals surface area (Å²) in [4.78, 5) is 15.1. The number of hydrogen-bond donors (Lipinski definition) is 2. The molecule has 0 saturated carbocycles. The van der Waals surface area contributed by atoms with Crippen LogP contribution in [0.4, 0.5) is 5.13 Å². The van der Waals surface area contributed by atoms with Crippen LogP contribution in [-0.2, 0) is 11.2 Å². The number of hydrogen-bond acceptors (Lipinski definition) is 4. The van der Waals surface area contributed by atoms with Crippen LogP contribution in [0.3, 0.4) is 0 Å². The first kappa shape index (κ1) is 15.0. The first-order chi connectivity index (χ1) is 8.52. The third kappa shape index (κ3) is 5.04. The van der Waals surface area contributed by atoms with Gasteiger partial charge in [0.05, 0.1) is 11.6 Å². The van der Waals surface area contributed by atoms with E-state index in [1.807, 2.05) is 0 Å². The van der Waals surface area contributed by atoms with E-state index in [4.69, 9.17) is 5.11 Å². The second-order valence-corrected chi connectivity index (χ2v) is 5.57. The van der Waals surface area contributed by atoms with Gasteiger partial charge < -0.3 is 10.4 Å². The van der Waals surface area contributed by atoms with Gasteiger partial charge in [-0.3, -0.25) is 4.79 Å². The molecular weight excluding hydrogens is 248 g/mol. The molecule has 0 aliphatic carbocycles. The number of rotatable bonds is 8. The molecule has 0 aromatic carbocycles. The van der Waals surface area contributed by atoms with Crippen LogP contribution in [0.15, 0.2) is 5.38 Å². The van der Waals surface area contributed by atoms with E-state index in [0.29, 0.717) is 6.04 Å². The van der Waals surface area contributed by atoms with Crippen LogP contribution in [0.25, 0.3) is 0 Å². The first-order valence-corrected chi connectivity index (χ1v) is 7.34. The highest BCUT2D eigenvalue weighted by Crippen LogP contribution is 2.18. The van der Waals surface area contributed by atoms with Gasteiger partial charge in [-0.15, -0.1) is 11.3 Å². The Morgan fingerprint density at radius 1 is 1.50 bits per heavy atom. The molecule has 102 valence electrons. The molecule has 18 heavy (non-hydrogen) atoms. The number of anilines is 1. The maximum atomic E-state index is 10.7. The molecule has 1 aromatic rings. The summed E-state index contributed by atoms with van der Waals surface area (Å²) in [6.45, 7) is 5.96. The number of carboxylic acid groups (broad SMARTS) is 1. The number of carbonyl (C=O) groups is 1. The average Bonchev–Trinajstić information content (AvgIpc) is 2.76. The molecular formula is C13H22N2O2S. The lowest BCUT2D eigenvalue weighted by molar-refractivity contribution is -0.141. The molecule has 1 heterocycles. The Labute approximate surface area is 112 Å². The van der Waals surface area contributed by atoms with Crippen LogP contribution in [0.5, 0.6) is 0 Å². The molecule has 4 nitrogen and oxygen atoms in total. The highest BCUT2D eigenvalue weighted by atomic mass is 32.1. The molecule has 1 rings (SSSR count). The summed E-state index contributed by atoms with van der Waals surface area (Å²) >= 11 is 1.63.